The second-order valence-corrected chi connectivity index (χ2v) is 5.79. The van der Waals surface area contributed by atoms with Gasteiger partial charge >= 0.3 is 6.61 Å². The molecule has 1 rings (SSSR count). The number of nitrogens with one attached hydrogen (secondary N) is 2. The number of alkyl halides is 2. The molecule has 0 aliphatic rings. The first-order valence-corrected chi connectivity index (χ1v) is 9.36. The molecule has 0 aliphatic carbocycles. The summed E-state index contributed by atoms with van der Waals surface area (Å²) in [5.41, 5.74) is 0.498. The third-order valence-electron chi connectivity index (χ3n) is 3.99. The van der Waals surface area contributed by atoms with Gasteiger partial charge in [0, 0.05) is 44.2 Å². The summed E-state index contributed by atoms with van der Waals surface area (Å²) in [6, 6.07) is 4.69. The quantitative estimate of drug-likeness (QED) is 0.441. The van der Waals surface area contributed by atoms with Gasteiger partial charge in [-0.15, -0.1) is 0 Å². The minimum atomic E-state index is -2.94. The van der Waals surface area contributed by atoms with Crippen LogP contribution in [-0.2, 0) is 11.3 Å². The Kier molecular flexibility index (Phi) is 10.7. The Labute approximate surface area is 165 Å². The van der Waals surface area contributed by atoms with Gasteiger partial charge in [-0.1, -0.05) is 0 Å². The first kappa shape index (κ1) is 23.5. The molecule has 0 aromatic heterocycles. The molecule has 1 amide bonds. The first-order chi connectivity index (χ1) is 13.4. The van der Waals surface area contributed by atoms with Crippen LogP contribution >= 0.6 is 0 Å². The number of hydrogen-bond acceptors (Lipinski definition) is 4. The van der Waals surface area contributed by atoms with Gasteiger partial charge < -0.3 is 25.0 Å². The standard InChI is InChI=1S/C19H30F2N4O3/c1-5-22-19(23-11-10-17(26)25(6-2)7-3)24-13-14-8-9-15(27-4)12-16(14)28-18(20)21/h8-9,12,18H,5-7,10-11,13H2,1-4H3,(H2,22,23,24). The van der Waals surface area contributed by atoms with Gasteiger partial charge in [-0.3, -0.25) is 4.79 Å². The molecule has 0 radical (unpaired) electrons. The fourth-order valence-corrected chi connectivity index (χ4v) is 2.53. The van der Waals surface area contributed by atoms with Gasteiger partial charge in [0.05, 0.1) is 13.7 Å². The fraction of sp³-hybridized carbons (Fsp3) is 0.579. The highest BCUT2D eigenvalue weighted by Gasteiger charge is 2.12. The SMILES string of the molecule is CCNC(=NCc1ccc(OC)cc1OC(F)F)NCCC(=O)N(CC)CC. The summed E-state index contributed by atoms with van der Waals surface area (Å²) in [5.74, 6) is 0.999. The lowest BCUT2D eigenvalue weighted by Gasteiger charge is -2.19. The molecule has 0 saturated heterocycles. The molecule has 0 saturated carbocycles. The number of carbonyl (C=O) groups is 1. The van der Waals surface area contributed by atoms with Gasteiger partial charge in [0.1, 0.15) is 11.5 Å². The monoisotopic (exact) mass is 400 g/mol. The summed E-state index contributed by atoms with van der Waals surface area (Å²) in [7, 11) is 1.45. The molecule has 0 fully saturated rings. The second-order valence-electron chi connectivity index (χ2n) is 5.79. The van der Waals surface area contributed by atoms with Crippen molar-refractivity contribution >= 4 is 11.9 Å². The van der Waals surface area contributed by atoms with Gasteiger partial charge in [0.15, 0.2) is 5.96 Å². The van der Waals surface area contributed by atoms with Crippen molar-refractivity contribution in [2.45, 2.75) is 40.3 Å². The van der Waals surface area contributed by atoms with E-state index in [1.807, 2.05) is 20.8 Å². The molecule has 0 bridgehead atoms. The lowest BCUT2D eigenvalue weighted by molar-refractivity contribution is -0.130. The van der Waals surface area contributed by atoms with Crippen molar-refractivity contribution in [1.29, 1.82) is 0 Å². The summed E-state index contributed by atoms with van der Waals surface area (Å²) in [5, 5.41) is 6.15. The zero-order valence-electron chi connectivity index (χ0n) is 16.9. The number of guanidine groups is 1. The van der Waals surface area contributed by atoms with E-state index >= 15 is 0 Å². The van der Waals surface area contributed by atoms with Crippen LogP contribution in [-0.4, -0.2) is 56.7 Å². The van der Waals surface area contributed by atoms with E-state index in [9.17, 15) is 13.6 Å². The number of amides is 1. The van der Waals surface area contributed by atoms with Crippen LogP contribution in [0.2, 0.25) is 0 Å². The lowest BCUT2D eigenvalue weighted by atomic mass is 10.2. The van der Waals surface area contributed by atoms with Crippen LogP contribution in [0.15, 0.2) is 23.2 Å². The van der Waals surface area contributed by atoms with Crippen molar-refractivity contribution in [2.24, 2.45) is 4.99 Å². The van der Waals surface area contributed by atoms with Crippen LogP contribution in [0.25, 0.3) is 0 Å². The molecule has 0 heterocycles. The maximum absolute atomic E-state index is 12.7. The molecule has 1 aromatic rings. The average molecular weight is 400 g/mol. The maximum Gasteiger partial charge on any atom is 0.387 e. The smallest absolute Gasteiger partial charge is 0.387 e. The van der Waals surface area contributed by atoms with Crippen molar-refractivity contribution in [3.63, 3.8) is 0 Å². The number of nitrogens with zero attached hydrogens (tertiary/aromatic N) is 2. The number of methoxy groups -OCH3 is 1. The molecule has 7 nitrogen and oxygen atoms in total. The van der Waals surface area contributed by atoms with E-state index in [-0.39, 0.29) is 18.2 Å². The largest absolute Gasteiger partial charge is 0.497 e. The van der Waals surface area contributed by atoms with Crippen LogP contribution in [0.4, 0.5) is 8.78 Å². The topological polar surface area (TPSA) is 75.2 Å². The van der Waals surface area contributed by atoms with Crippen molar-refractivity contribution < 1.29 is 23.0 Å². The molecule has 0 spiro atoms. The van der Waals surface area contributed by atoms with Crippen molar-refractivity contribution in [2.75, 3.05) is 33.3 Å². The van der Waals surface area contributed by atoms with Gasteiger partial charge in [-0.2, -0.15) is 8.78 Å². The van der Waals surface area contributed by atoms with Gasteiger partial charge in [0.25, 0.3) is 0 Å². The minimum Gasteiger partial charge on any atom is -0.497 e. The summed E-state index contributed by atoms with van der Waals surface area (Å²) >= 11 is 0. The number of benzene rings is 1. The first-order valence-electron chi connectivity index (χ1n) is 9.36. The molecule has 9 heteroatoms. The predicted molar refractivity (Wildman–Crippen MR) is 105 cm³/mol. The number of ether oxygens (including phenoxy) is 2. The minimum absolute atomic E-state index is 0.0191. The highest BCUT2D eigenvalue weighted by molar-refractivity contribution is 5.81. The van der Waals surface area contributed by atoms with E-state index in [2.05, 4.69) is 20.4 Å². The predicted octanol–water partition coefficient (Wildman–Crippen LogP) is 2.61. The van der Waals surface area contributed by atoms with Crippen molar-refractivity contribution in [1.82, 2.24) is 15.5 Å². The molecule has 158 valence electrons. The molecule has 28 heavy (non-hydrogen) atoms. The number of carbonyl (C=O) groups excluding carboxylic acids is 1. The average Bonchev–Trinajstić information content (AvgIpc) is 2.67. The van der Waals surface area contributed by atoms with E-state index in [0.29, 0.717) is 49.9 Å². The Balaban J connectivity index is 2.77. The Bertz CT molecular complexity index is 638. The molecule has 0 atom stereocenters. The zero-order valence-corrected chi connectivity index (χ0v) is 16.9. The number of hydrogen-bond donors (Lipinski definition) is 2. The number of rotatable bonds is 11. The highest BCUT2D eigenvalue weighted by atomic mass is 19.3. The van der Waals surface area contributed by atoms with E-state index in [0.717, 1.165) is 0 Å². The van der Waals surface area contributed by atoms with Gasteiger partial charge in [-0.05, 0) is 32.9 Å². The third-order valence-corrected chi connectivity index (χ3v) is 3.99. The van der Waals surface area contributed by atoms with Crippen molar-refractivity contribution in [3.8, 4) is 11.5 Å². The van der Waals surface area contributed by atoms with E-state index < -0.39 is 6.61 Å². The zero-order chi connectivity index (χ0) is 20.9. The van der Waals surface area contributed by atoms with E-state index in [4.69, 9.17) is 4.74 Å². The summed E-state index contributed by atoms with van der Waals surface area (Å²) < 4.78 is 34.9. The van der Waals surface area contributed by atoms with E-state index in [1.54, 1.807) is 17.0 Å². The molecule has 2 N–H and O–H groups in total. The van der Waals surface area contributed by atoms with E-state index in [1.165, 1.54) is 13.2 Å². The Morgan fingerprint density at radius 2 is 1.93 bits per heavy atom. The number of halogens is 2. The molecule has 0 aliphatic heterocycles. The molecule has 1 aromatic carbocycles. The summed E-state index contributed by atoms with van der Waals surface area (Å²) in [4.78, 5) is 18.2. The van der Waals surface area contributed by atoms with Crippen LogP contribution in [0, 0.1) is 0 Å². The maximum atomic E-state index is 12.7. The molecular weight excluding hydrogens is 370 g/mol. The van der Waals surface area contributed by atoms with Crippen molar-refractivity contribution in [3.05, 3.63) is 23.8 Å². The normalized spacial score (nSPS) is 11.3. The second kappa shape index (κ2) is 12.7. The third kappa shape index (κ3) is 7.98. The molecule has 0 unspecified atom stereocenters. The summed E-state index contributed by atoms with van der Waals surface area (Å²) in [6.45, 7) is 5.38. The Morgan fingerprint density at radius 1 is 1.21 bits per heavy atom. The Morgan fingerprint density at radius 3 is 2.50 bits per heavy atom. The number of aliphatic imine (C=N–C) groups is 1. The van der Waals surface area contributed by atoms with Gasteiger partial charge in [0.2, 0.25) is 5.91 Å². The van der Waals surface area contributed by atoms with Gasteiger partial charge in [-0.25, -0.2) is 4.99 Å². The van der Waals surface area contributed by atoms with Crippen LogP contribution in [0.3, 0.4) is 0 Å². The Hall–Kier alpha value is -2.58. The van der Waals surface area contributed by atoms with Crippen LogP contribution < -0.4 is 20.1 Å². The van der Waals surface area contributed by atoms with Crippen LogP contribution in [0.1, 0.15) is 32.8 Å². The lowest BCUT2D eigenvalue weighted by Crippen LogP contribution is -2.40. The summed E-state index contributed by atoms with van der Waals surface area (Å²) in [6.07, 6.45) is 0.342. The van der Waals surface area contributed by atoms with Crippen LogP contribution in [0.5, 0.6) is 11.5 Å². The molecular formula is C19H30F2N4O3. The fourth-order valence-electron chi connectivity index (χ4n) is 2.53. The highest BCUT2D eigenvalue weighted by Crippen LogP contribution is 2.27.